The van der Waals surface area contributed by atoms with Gasteiger partial charge >= 0.3 is 0 Å². The number of hydrogen-bond donors (Lipinski definition) is 2. The first-order valence-corrected chi connectivity index (χ1v) is 6.65. The number of nitrogens with zero attached hydrogens (tertiary/aromatic N) is 1. The highest BCUT2D eigenvalue weighted by atomic mass is 32.1. The number of nitro groups is 1. The van der Waals surface area contributed by atoms with Crippen LogP contribution in [0, 0.1) is 22.5 Å². The lowest BCUT2D eigenvalue weighted by Crippen LogP contribution is -2.39. The van der Waals surface area contributed by atoms with Crippen LogP contribution in [0.3, 0.4) is 0 Å². The molecule has 0 saturated carbocycles. The van der Waals surface area contributed by atoms with Crippen molar-refractivity contribution in [1.29, 1.82) is 0 Å². The van der Waals surface area contributed by atoms with E-state index < -0.39 is 16.9 Å². The Labute approximate surface area is 115 Å². The summed E-state index contributed by atoms with van der Waals surface area (Å²) in [6, 6.07) is 1.26. The normalized spacial score (nSPS) is 13.1. The second-order valence-electron chi connectivity index (χ2n) is 5.40. The standard InChI is InChI=1S/C12H18N2O4S/c1-7-8(14(17)18)5-9(19-7)11(16)13-6-10(15)12(2,3)4/h5,10,15H,6H2,1-4H3,(H,13,16). The summed E-state index contributed by atoms with van der Waals surface area (Å²) in [5.74, 6) is -0.399. The maximum absolute atomic E-state index is 11.8. The second-order valence-corrected chi connectivity index (χ2v) is 6.66. The third-order valence-corrected chi connectivity index (χ3v) is 3.81. The Bertz CT molecular complexity index is 490. The highest BCUT2D eigenvalue weighted by Gasteiger charge is 2.24. The Morgan fingerprint density at radius 1 is 1.58 bits per heavy atom. The Hall–Kier alpha value is -1.47. The lowest BCUT2D eigenvalue weighted by atomic mass is 9.89. The van der Waals surface area contributed by atoms with E-state index in [1.165, 1.54) is 6.07 Å². The SMILES string of the molecule is Cc1sc(C(=O)NCC(O)C(C)(C)C)cc1[N+](=O)[O-]. The van der Waals surface area contributed by atoms with Gasteiger partial charge in [0, 0.05) is 12.6 Å². The van der Waals surface area contributed by atoms with Gasteiger partial charge in [-0.2, -0.15) is 0 Å². The number of nitrogens with one attached hydrogen (secondary N) is 1. The highest BCUT2D eigenvalue weighted by molar-refractivity contribution is 7.14. The largest absolute Gasteiger partial charge is 0.391 e. The molecule has 106 valence electrons. The van der Waals surface area contributed by atoms with Crippen LogP contribution in [0.2, 0.25) is 0 Å². The van der Waals surface area contributed by atoms with Crippen LogP contribution in [0.15, 0.2) is 6.07 Å². The van der Waals surface area contributed by atoms with E-state index in [2.05, 4.69) is 5.32 Å². The molecule has 0 saturated heterocycles. The van der Waals surface area contributed by atoms with Crippen molar-refractivity contribution >= 4 is 22.9 Å². The number of carbonyl (C=O) groups is 1. The maximum atomic E-state index is 11.8. The summed E-state index contributed by atoms with van der Waals surface area (Å²) in [4.78, 5) is 22.8. The third kappa shape index (κ3) is 4.00. The second kappa shape index (κ2) is 5.66. The lowest BCUT2D eigenvalue weighted by Gasteiger charge is -2.25. The highest BCUT2D eigenvalue weighted by Crippen LogP contribution is 2.28. The molecule has 0 radical (unpaired) electrons. The van der Waals surface area contributed by atoms with Gasteiger partial charge in [-0.25, -0.2) is 0 Å². The molecule has 0 fully saturated rings. The van der Waals surface area contributed by atoms with Crippen LogP contribution in [-0.4, -0.2) is 28.6 Å². The molecule has 1 heterocycles. The number of amides is 1. The van der Waals surface area contributed by atoms with E-state index in [1.807, 2.05) is 20.8 Å². The van der Waals surface area contributed by atoms with Crippen molar-refractivity contribution in [2.45, 2.75) is 33.8 Å². The number of aliphatic hydroxyl groups is 1. The minimum Gasteiger partial charge on any atom is -0.391 e. The van der Waals surface area contributed by atoms with Gasteiger partial charge in [-0.1, -0.05) is 20.8 Å². The van der Waals surface area contributed by atoms with Gasteiger partial charge in [-0.05, 0) is 12.3 Å². The molecule has 1 amide bonds. The first kappa shape index (κ1) is 15.6. The fourth-order valence-electron chi connectivity index (χ4n) is 1.35. The zero-order chi connectivity index (χ0) is 14.8. The predicted octanol–water partition coefficient (Wildman–Crippen LogP) is 2.10. The molecule has 6 nitrogen and oxygen atoms in total. The molecule has 0 bridgehead atoms. The minimum absolute atomic E-state index is 0.0495. The number of thiophene rings is 1. The summed E-state index contributed by atoms with van der Waals surface area (Å²) in [5, 5.41) is 23.1. The molecule has 1 atom stereocenters. The van der Waals surface area contributed by atoms with Gasteiger partial charge in [0.1, 0.15) is 0 Å². The van der Waals surface area contributed by atoms with Crippen molar-refractivity contribution in [3.8, 4) is 0 Å². The molecule has 1 aromatic heterocycles. The minimum atomic E-state index is -0.674. The van der Waals surface area contributed by atoms with Gasteiger partial charge in [0.15, 0.2) is 0 Å². The molecule has 7 heteroatoms. The van der Waals surface area contributed by atoms with Crippen molar-refractivity contribution in [1.82, 2.24) is 5.32 Å². The first-order chi connectivity index (χ1) is 8.62. The van der Waals surface area contributed by atoms with Crippen LogP contribution in [-0.2, 0) is 0 Å². The van der Waals surface area contributed by atoms with Gasteiger partial charge in [0.25, 0.3) is 11.6 Å². The molecule has 0 aliphatic rings. The molecule has 0 spiro atoms. The summed E-state index contributed by atoms with van der Waals surface area (Å²) in [6.45, 7) is 7.31. The third-order valence-electron chi connectivity index (χ3n) is 2.77. The average molecular weight is 286 g/mol. The Morgan fingerprint density at radius 3 is 2.58 bits per heavy atom. The van der Waals surface area contributed by atoms with E-state index in [4.69, 9.17) is 0 Å². The summed E-state index contributed by atoms with van der Waals surface area (Å²) >= 11 is 1.07. The molecular formula is C12H18N2O4S. The van der Waals surface area contributed by atoms with Gasteiger partial charge in [-0.3, -0.25) is 14.9 Å². The van der Waals surface area contributed by atoms with Gasteiger partial charge in [0.2, 0.25) is 0 Å². The quantitative estimate of drug-likeness (QED) is 0.655. The van der Waals surface area contributed by atoms with Crippen LogP contribution >= 0.6 is 11.3 Å². The molecule has 1 rings (SSSR count). The molecule has 19 heavy (non-hydrogen) atoms. The average Bonchev–Trinajstić information content (AvgIpc) is 2.66. The Morgan fingerprint density at radius 2 is 2.16 bits per heavy atom. The zero-order valence-corrected chi connectivity index (χ0v) is 12.2. The van der Waals surface area contributed by atoms with E-state index in [1.54, 1.807) is 6.92 Å². The number of hydrogen-bond acceptors (Lipinski definition) is 5. The Balaban J connectivity index is 2.69. The fourth-order valence-corrected chi connectivity index (χ4v) is 2.25. The zero-order valence-electron chi connectivity index (χ0n) is 11.4. The van der Waals surface area contributed by atoms with Crippen molar-refractivity contribution < 1.29 is 14.8 Å². The number of aliphatic hydroxyl groups excluding tert-OH is 1. The van der Waals surface area contributed by atoms with Gasteiger partial charge < -0.3 is 10.4 Å². The van der Waals surface area contributed by atoms with Crippen LogP contribution in [0.5, 0.6) is 0 Å². The molecule has 1 unspecified atom stereocenters. The van der Waals surface area contributed by atoms with Crippen molar-refractivity contribution in [3.05, 3.63) is 25.9 Å². The van der Waals surface area contributed by atoms with E-state index in [-0.39, 0.29) is 22.5 Å². The number of aryl methyl sites for hydroxylation is 1. The van der Waals surface area contributed by atoms with Crippen molar-refractivity contribution in [2.24, 2.45) is 5.41 Å². The molecular weight excluding hydrogens is 268 g/mol. The van der Waals surface area contributed by atoms with Crippen LogP contribution in [0.25, 0.3) is 0 Å². The Kier molecular flexibility index (Phi) is 4.65. The van der Waals surface area contributed by atoms with Crippen LogP contribution < -0.4 is 5.32 Å². The van der Waals surface area contributed by atoms with Crippen LogP contribution in [0.4, 0.5) is 5.69 Å². The summed E-state index contributed by atoms with van der Waals surface area (Å²) in [5.41, 5.74) is -0.378. The first-order valence-electron chi connectivity index (χ1n) is 5.84. The van der Waals surface area contributed by atoms with Gasteiger partial charge in [-0.15, -0.1) is 11.3 Å². The number of carbonyl (C=O) groups excluding carboxylic acids is 1. The molecule has 2 N–H and O–H groups in total. The van der Waals surface area contributed by atoms with E-state index >= 15 is 0 Å². The molecule has 0 aromatic carbocycles. The summed E-state index contributed by atoms with van der Waals surface area (Å²) in [7, 11) is 0. The summed E-state index contributed by atoms with van der Waals surface area (Å²) in [6.07, 6.45) is -0.674. The molecule has 0 aliphatic carbocycles. The lowest BCUT2D eigenvalue weighted by molar-refractivity contribution is -0.385. The molecule has 0 aliphatic heterocycles. The van der Waals surface area contributed by atoms with E-state index in [0.717, 1.165) is 11.3 Å². The predicted molar refractivity (Wildman–Crippen MR) is 73.5 cm³/mol. The van der Waals surface area contributed by atoms with Gasteiger partial charge in [0.05, 0.1) is 20.8 Å². The van der Waals surface area contributed by atoms with E-state index in [9.17, 15) is 20.0 Å². The van der Waals surface area contributed by atoms with Crippen molar-refractivity contribution in [2.75, 3.05) is 6.54 Å². The molecule has 1 aromatic rings. The van der Waals surface area contributed by atoms with Crippen LogP contribution in [0.1, 0.15) is 35.3 Å². The fraction of sp³-hybridized carbons (Fsp3) is 0.583. The summed E-state index contributed by atoms with van der Waals surface area (Å²) < 4.78 is 0. The smallest absolute Gasteiger partial charge is 0.283 e. The van der Waals surface area contributed by atoms with Crippen molar-refractivity contribution in [3.63, 3.8) is 0 Å². The monoisotopic (exact) mass is 286 g/mol. The van der Waals surface area contributed by atoms with E-state index in [0.29, 0.717) is 4.88 Å². The maximum Gasteiger partial charge on any atom is 0.283 e. The topological polar surface area (TPSA) is 92.5 Å². The number of rotatable bonds is 4.